The molecule has 2 N–H and O–H groups in total. The Morgan fingerprint density at radius 2 is 1.86 bits per heavy atom. The molecule has 5 heteroatoms. The van der Waals surface area contributed by atoms with E-state index in [0.717, 1.165) is 25.7 Å². The second-order valence-electron chi connectivity index (χ2n) is 10.9. The van der Waals surface area contributed by atoms with Gasteiger partial charge in [0.1, 0.15) is 6.10 Å². The Balaban J connectivity index is 1.83. The number of ketones is 1. The van der Waals surface area contributed by atoms with Gasteiger partial charge < -0.3 is 14.9 Å². The molecule has 0 aromatic rings. The Labute approximate surface area is 173 Å². The van der Waals surface area contributed by atoms with Crippen molar-refractivity contribution in [1.82, 2.24) is 0 Å². The number of carbonyl (C=O) groups excluding carboxylic acids is 2. The molecule has 2 bridgehead atoms. The van der Waals surface area contributed by atoms with Gasteiger partial charge in [-0.2, -0.15) is 0 Å². The first-order valence-corrected chi connectivity index (χ1v) is 11.3. The largest absolute Gasteiger partial charge is 0.462 e. The summed E-state index contributed by atoms with van der Waals surface area (Å²) in [4.78, 5) is 25.9. The Morgan fingerprint density at radius 1 is 1.17 bits per heavy atom. The standard InChI is InChI=1S/C24H36O5/c1-6-7-19(26)29-18-10-11-22(3,4)16-12-17(25)24-15(23(16,18)5)9-8-14(21(24)28)13(2)20(24)27/h14-18,21,25,28H,2,6-12H2,1,3-5H3/t14-,15-,16+,17+,18-,21+,23-,24-/m0/s1. The van der Waals surface area contributed by atoms with Gasteiger partial charge in [-0.15, -0.1) is 0 Å². The third-order valence-corrected chi connectivity index (χ3v) is 9.27. The van der Waals surface area contributed by atoms with Gasteiger partial charge in [-0.1, -0.05) is 34.3 Å². The highest BCUT2D eigenvalue weighted by molar-refractivity contribution is 6.04. The van der Waals surface area contributed by atoms with Crippen LogP contribution in [0.5, 0.6) is 0 Å². The number of fused-ring (bicyclic) bond motifs is 3. The molecule has 4 saturated carbocycles. The third-order valence-electron chi connectivity index (χ3n) is 9.27. The van der Waals surface area contributed by atoms with Crippen molar-refractivity contribution in [3.05, 3.63) is 12.2 Å². The molecule has 0 amide bonds. The summed E-state index contributed by atoms with van der Waals surface area (Å²) in [6.45, 7) is 12.6. The minimum atomic E-state index is -1.20. The van der Waals surface area contributed by atoms with E-state index in [1.165, 1.54) is 0 Å². The number of ether oxygens (including phenoxy) is 1. The predicted molar refractivity (Wildman–Crippen MR) is 109 cm³/mol. The van der Waals surface area contributed by atoms with Crippen molar-refractivity contribution in [1.29, 1.82) is 0 Å². The summed E-state index contributed by atoms with van der Waals surface area (Å²) in [5, 5.41) is 22.6. The number of rotatable bonds is 3. The molecular formula is C24H36O5. The van der Waals surface area contributed by atoms with Gasteiger partial charge in [0.25, 0.3) is 0 Å². The van der Waals surface area contributed by atoms with Crippen molar-refractivity contribution in [2.24, 2.45) is 34.0 Å². The minimum Gasteiger partial charge on any atom is -0.462 e. The number of esters is 1. The van der Waals surface area contributed by atoms with Gasteiger partial charge in [-0.3, -0.25) is 9.59 Å². The summed E-state index contributed by atoms with van der Waals surface area (Å²) in [6, 6.07) is 0. The molecule has 0 aromatic heterocycles. The molecule has 0 saturated heterocycles. The summed E-state index contributed by atoms with van der Waals surface area (Å²) < 4.78 is 6.05. The lowest BCUT2D eigenvalue weighted by Crippen LogP contribution is -2.70. The van der Waals surface area contributed by atoms with Gasteiger partial charge in [-0.05, 0) is 61.3 Å². The van der Waals surface area contributed by atoms with E-state index in [1.807, 2.05) is 6.92 Å². The molecular weight excluding hydrogens is 368 g/mol. The zero-order valence-electron chi connectivity index (χ0n) is 18.2. The van der Waals surface area contributed by atoms with Crippen molar-refractivity contribution in [2.45, 2.75) is 91.0 Å². The lowest BCUT2D eigenvalue weighted by molar-refractivity contribution is -0.256. The molecule has 0 heterocycles. The molecule has 5 nitrogen and oxygen atoms in total. The van der Waals surface area contributed by atoms with Crippen LogP contribution in [0.15, 0.2) is 12.2 Å². The number of carbonyl (C=O) groups is 2. The zero-order valence-corrected chi connectivity index (χ0v) is 18.2. The number of hydrogen-bond acceptors (Lipinski definition) is 5. The van der Waals surface area contributed by atoms with E-state index in [-0.39, 0.29) is 41.0 Å². The van der Waals surface area contributed by atoms with Crippen molar-refractivity contribution < 1.29 is 24.5 Å². The fourth-order valence-electron chi connectivity index (χ4n) is 7.91. The van der Waals surface area contributed by atoms with Gasteiger partial charge in [0.2, 0.25) is 0 Å². The van der Waals surface area contributed by atoms with Crippen LogP contribution in [0.1, 0.15) is 72.6 Å². The summed E-state index contributed by atoms with van der Waals surface area (Å²) in [5.41, 5.74) is -1.23. The SMILES string of the molecule is C=C1C(=O)[C@@]23[C@H](O)C[C@@H]4C(C)(C)CC[C@H](OC(=O)CCC)[C@@]4(C)[C@@H]2CC[C@@H]1[C@H]3O. The molecule has 0 aromatic carbocycles. The lowest BCUT2D eigenvalue weighted by Gasteiger charge is -2.66. The second-order valence-corrected chi connectivity index (χ2v) is 10.9. The number of aliphatic hydroxyl groups excluding tert-OH is 2. The predicted octanol–water partition coefficient (Wildman–Crippen LogP) is 3.42. The number of hydrogen-bond donors (Lipinski definition) is 2. The molecule has 0 aliphatic heterocycles. The van der Waals surface area contributed by atoms with E-state index in [0.29, 0.717) is 24.8 Å². The van der Waals surface area contributed by atoms with E-state index in [4.69, 9.17) is 4.74 Å². The molecule has 0 radical (unpaired) electrons. The van der Waals surface area contributed by atoms with Crippen molar-refractivity contribution in [3.63, 3.8) is 0 Å². The average Bonchev–Trinajstić information content (AvgIpc) is 2.76. The molecule has 8 atom stereocenters. The van der Waals surface area contributed by atoms with Gasteiger partial charge in [-0.25, -0.2) is 0 Å². The van der Waals surface area contributed by atoms with Crippen LogP contribution in [0.4, 0.5) is 0 Å². The maximum Gasteiger partial charge on any atom is 0.306 e. The Hall–Kier alpha value is -1.20. The first-order valence-electron chi connectivity index (χ1n) is 11.3. The highest BCUT2D eigenvalue weighted by Crippen LogP contribution is 2.71. The molecule has 4 fully saturated rings. The first-order chi connectivity index (χ1) is 13.5. The molecule has 4 aliphatic carbocycles. The van der Waals surface area contributed by atoms with Gasteiger partial charge in [0.15, 0.2) is 5.78 Å². The zero-order chi connectivity index (χ0) is 21.4. The van der Waals surface area contributed by atoms with Crippen LogP contribution < -0.4 is 0 Å². The molecule has 1 spiro atoms. The quantitative estimate of drug-likeness (QED) is 0.556. The Morgan fingerprint density at radius 3 is 2.52 bits per heavy atom. The summed E-state index contributed by atoms with van der Waals surface area (Å²) >= 11 is 0. The van der Waals surface area contributed by atoms with E-state index in [2.05, 4.69) is 27.4 Å². The van der Waals surface area contributed by atoms with Crippen LogP contribution in [0.3, 0.4) is 0 Å². The van der Waals surface area contributed by atoms with E-state index >= 15 is 0 Å². The number of aliphatic hydroxyl groups is 2. The van der Waals surface area contributed by atoms with Crippen molar-refractivity contribution >= 4 is 11.8 Å². The van der Waals surface area contributed by atoms with Gasteiger partial charge in [0.05, 0.1) is 17.6 Å². The van der Waals surface area contributed by atoms with Crippen LogP contribution in [-0.4, -0.2) is 40.3 Å². The first kappa shape index (κ1) is 21.0. The van der Waals surface area contributed by atoms with E-state index in [9.17, 15) is 19.8 Å². The molecule has 29 heavy (non-hydrogen) atoms. The second kappa shape index (κ2) is 6.65. The summed E-state index contributed by atoms with van der Waals surface area (Å²) in [5.74, 6) is -0.716. The van der Waals surface area contributed by atoms with Gasteiger partial charge in [0, 0.05) is 17.8 Å². The maximum absolute atomic E-state index is 13.4. The Bertz CT molecular complexity index is 742. The fraction of sp³-hybridized carbons (Fsp3) is 0.833. The highest BCUT2D eigenvalue weighted by atomic mass is 16.5. The van der Waals surface area contributed by atoms with Crippen LogP contribution in [0, 0.1) is 34.0 Å². The van der Waals surface area contributed by atoms with Crippen molar-refractivity contribution in [2.75, 3.05) is 0 Å². The molecule has 4 aliphatic rings. The topological polar surface area (TPSA) is 83.8 Å². The van der Waals surface area contributed by atoms with E-state index in [1.54, 1.807) is 0 Å². The average molecular weight is 405 g/mol. The molecule has 4 rings (SSSR count). The smallest absolute Gasteiger partial charge is 0.306 e. The van der Waals surface area contributed by atoms with Crippen LogP contribution in [-0.2, 0) is 14.3 Å². The van der Waals surface area contributed by atoms with E-state index < -0.39 is 23.0 Å². The normalized spacial score (nSPS) is 48.1. The minimum absolute atomic E-state index is 0.0362. The maximum atomic E-state index is 13.4. The lowest BCUT2D eigenvalue weighted by atomic mass is 9.39. The Kier molecular flexibility index (Phi) is 4.83. The molecule has 0 unspecified atom stereocenters. The summed E-state index contributed by atoms with van der Waals surface area (Å²) in [6.07, 6.45) is 2.61. The summed E-state index contributed by atoms with van der Waals surface area (Å²) in [7, 11) is 0. The number of Topliss-reactive ketones (excluding diaryl/α,β-unsaturated/α-hetero) is 1. The monoisotopic (exact) mass is 404 g/mol. The highest BCUT2D eigenvalue weighted by Gasteiger charge is 2.75. The van der Waals surface area contributed by atoms with Gasteiger partial charge >= 0.3 is 5.97 Å². The molecule has 162 valence electrons. The van der Waals surface area contributed by atoms with Crippen LogP contribution in [0.2, 0.25) is 0 Å². The third kappa shape index (κ3) is 2.52. The van der Waals surface area contributed by atoms with Crippen molar-refractivity contribution in [3.8, 4) is 0 Å². The van der Waals surface area contributed by atoms with Crippen LogP contribution >= 0.6 is 0 Å². The van der Waals surface area contributed by atoms with Crippen LogP contribution in [0.25, 0.3) is 0 Å². The fourth-order valence-corrected chi connectivity index (χ4v) is 7.91.